The SMILES string of the molecule is COc1cccc([C@@H](C)NC(=O)C2CCC(Nc3nc(C)cc(N(C)C)n3)CC2)c1. The maximum atomic E-state index is 12.8. The van der Waals surface area contributed by atoms with Crippen LogP contribution in [0.25, 0.3) is 0 Å². The summed E-state index contributed by atoms with van der Waals surface area (Å²) in [4.78, 5) is 23.8. The van der Waals surface area contributed by atoms with Crippen molar-refractivity contribution in [2.24, 2.45) is 5.92 Å². The zero-order chi connectivity index (χ0) is 21.7. The third-order valence-corrected chi connectivity index (χ3v) is 5.68. The van der Waals surface area contributed by atoms with Crippen LogP contribution in [0.3, 0.4) is 0 Å². The normalized spacial score (nSPS) is 19.6. The number of methoxy groups -OCH3 is 1. The van der Waals surface area contributed by atoms with Crippen molar-refractivity contribution in [3.05, 3.63) is 41.6 Å². The summed E-state index contributed by atoms with van der Waals surface area (Å²) in [7, 11) is 5.60. The molecule has 30 heavy (non-hydrogen) atoms. The molecular formula is C23H33N5O2. The lowest BCUT2D eigenvalue weighted by Gasteiger charge is -2.29. The van der Waals surface area contributed by atoms with Crippen LogP contribution in [0.1, 0.15) is 49.9 Å². The van der Waals surface area contributed by atoms with Gasteiger partial charge in [-0.25, -0.2) is 4.98 Å². The highest BCUT2D eigenvalue weighted by atomic mass is 16.5. The van der Waals surface area contributed by atoms with E-state index in [0.29, 0.717) is 12.0 Å². The first kappa shape index (κ1) is 21.9. The predicted molar refractivity (Wildman–Crippen MR) is 120 cm³/mol. The Morgan fingerprint density at radius 3 is 2.57 bits per heavy atom. The highest BCUT2D eigenvalue weighted by Crippen LogP contribution is 2.28. The molecule has 1 aromatic heterocycles. The second-order valence-electron chi connectivity index (χ2n) is 8.29. The molecule has 0 unspecified atom stereocenters. The first-order valence-corrected chi connectivity index (χ1v) is 10.6. The monoisotopic (exact) mass is 411 g/mol. The van der Waals surface area contributed by atoms with Crippen molar-refractivity contribution in [1.82, 2.24) is 15.3 Å². The summed E-state index contributed by atoms with van der Waals surface area (Å²) < 4.78 is 5.28. The summed E-state index contributed by atoms with van der Waals surface area (Å²) in [5.41, 5.74) is 1.99. The van der Waals surface area contributed by atoms with Crippen molar-refractivity contribution in [1.29, 1.82) is 0 Å². The molecule has 0 radical (unpaired) electrons. The number of hydrogen-bond donors (Lipinski definition) is 2. The van der Waals surface area contributed by atoms with E-state index in [2.05, 4.69) is 20.6 Å². The van der Waals surface area contributed by atoms with Gasteiger partial charge in [0.05, 0.1) is 13.2 Å². The number of ether oxygens (including phenoxy) is 1. The van der Waals surface area contributed by atoms with Crippen LogP contribution >= 0.6 is 0 Å². The molecule has 1 amide bonds. The number of aryl methyl sites for hydroxylation is 1. The Hall–Kier alpha value is -2.83. The number of benzene rings is 1. The van der Waals surface area contributed by atoms with E-state index in [0.717, 1.165) is 48.5 Å². The summed E-state index contributed by atoms with van der Waals surface area (Å²) in [5.74, 6) is 2.54. The van der Waals surface area contributed by atoms with E-state index in [1.807, 2.05) is 63.2 Å². The Bertz CT molecular complexity index is 862. The van der Waals surface area contributed by atoms with Gasteiger partial charge >= 0.3 is 0 Å². The first-order chi connectivity index (χ1) is 14.4. The van der Waals surface area contributed by atoms with E-state index in [1.165, 1.54) is 0 Å². The number of rotatable bonds is 7. The molecule has 1 fully saturated rings. The van der Waals surface area contributed by atoms with Crippen LogP contribution < -0.4 is 20.3 Å². The van der Waals surface area contributed by atoms with E-state index in [9.17, 15) is 4.79 Å². The minimum Gasteiger partial charge on any atom is -0.497 e. The first-order valence-electron chi connectivity index (χ1n) is 10.6. The second kappa shape index (κ2) is 9.78. The molecule has 0 spiro atoms. The van der Waals surface area contributed by atoms with Gasteiger partial charge in [0.1, 0.15) is 11.6 Å². The van der Waals surface area contributed by atoms with Crippen LogP contribution in [0.4, 0.5) is 11.8 Å². The minimum atomic E-state index is -0.0476. The number of nitrogens with one attached hydrogen (secondary N) is 2. The summed E-state index contributed by atoms with van der Waals surface area (Å²) in [6, 6.07) is 10.0. The van der Waals surface area contributed by atoms with Crippen molar-refractivity contribution < 1.29 is 9.53 Å². The van der Waals surface area contributed by atoms with E-state index in [-0.39, 0.29) is 17.9 Å². The number of aromatic nitrogens is 2. The van der Waals surface area contributed by atoms with Gasteiger partial charge in [-0.1, -0.05) is 12.1 Å². The van der Waals surface area contributed by atoms with Crippen molar-refractivity contribution in [3.8, 4) is 5.75 Å². The third-order valence-electron chi connectivity index (χ3n) is 5.68. The predicted octanol–water partition coefficient (Wildman–Crippen LogP) is 3.71. The fourth-order valence-electron chi connectivity index (χ4n) is 3.85. The molecule has 7 nitrogen and oxygen atoms in total. The van der Waals surface area contributed by atoms with Gasteiger partial charge in [-0.05, 0) is 57.2 Å². The highest BCUT2D eigenvalue weighted by Gasteiger charge is 2.27. The molecule has 7 heteroatoms. The van der Waals surface area contributed by atoms with E-state index < -0.39 is 0 Å². The van der Waals surface area contributed by atoms with Gasteiger partial charge in [0, 0.05) is 37.8 Å². The Kier molecular flexibility index (Phi) is 7.13. The smallest absolute Gasteiger partial charge is 0.225 e. The number of carbonyl (C=O) groups excluding carboxylic acids is 1. The number of carbonyl (C=O) groups is 1. The number of amides is 1. The van der Waals surface area contributed by atoms with Crippen LogP contribution in [0.5, 0.6) is 5.75 Å². The van der Waals surface area contributed by atoms with Gasteiger partial charge in [-0.3, -0.25) is 4.79 Å². The molecule has 1 atom stereocenters. The number of nitrogens with zero attached hydrogens (tertiary/aromatic N) is 3. The summed E-state index contributed by atoms with van der Waals surface area (Å²) >= 11 is 0. The minimum absolute atomic E-state index is 0.0476. The third kappa shape index (κ3) is 5.62. The summed E-state index contributed by atoms with van der Waals surface area (Å²) in [5, 5.41) is 6.63. The van der Waals surface area contributed by atoms with Gasteiger partial charge in [0.25, 0.3) is 0 Å². The van der Waals surface area contributed by atoms with Crippen molar-refractivity contribution >= 4 is 17.7 Å². The van der Waals surface area contributed by atoms with E-state index in [1.54, 1.807) is 7.11 Å². The summed E-state index contributed by atoms with van der Waals surface area (Å²) in [6.07, 6.45) is 3.59. The molecule has 1 aromatic carbocycles. The highest BCUT2D eigenvalue weighted by molar-refractivity contribution is 5.79. The molecule has 0 bridgehead atoms. The Morgan fingerprint density at radius 2 is 1.90 bits per heavy atom. The van der Waals surface area contributed by atoms with Gasteiger partial charge in [0.15, 0.2) is 0 Å². The fourth-order valence-corrected chi connectivity index (χ4v) is 3.85. The molecule has 0 aliphatic heterocycles. The average Bonchev–Trinajstić information content (AvgIpc) is 2.73. The van der Waals surface area contributed by atoms with Crippen LogP contribution in [0, 0.1) is 12.8 Å². The molecule has 1 aliphatic carbocycles. The van der Waals surface area contributed by atoms with Crippen molar-refractivity contribution in [2.75, 3.05) is 31.4 Å². The number of anilines is 2. The van der Waals surface area contributed by atoms with Crippen molar-refractivity contribution in [3.63, 3.8) is 0 Å². The van der Waals surface area contributed by atoms with Gasteiger partial charge in [0.2, 0.25) is 11.9 Å². The molecule has 3 rings (SSSR count). The maximum Gasteiger partial charge on any atom is 0.225 e. The average molecular weight is 412 g/mol. The number of hydrogen-bond acceptors (Lipinski definition) is 6. The standard InChI is InChI=1S/C23H33N5O2/c1-15-13-21(28(3)4)27-23(24-15)26-19-11-9-17(10-12-19)22(29)25-16(2)18-7-6-8-20(14-18)30-5/h6-8,13-14,16-17,19H,9-12H2,1-5H3,(H,25,29)(H,24,26,27)/t16-,17?,19?/m1/s1. The summed E-state index contributed by atoms with van der Waals surface area (Å²) in [6.45, 7) is 3.99. The second-order valence-corrected chi connectivity index (χ2v) is 8.29. The molecule has 1 aliphatic rings. The lowest BCUT2D eigenvalue weighted by atomic mass is 9.85. The van der Waals surface area contributed by atoms with Crippen LogP contribution in [-0.4, -0.2) is 43.1 Å². The molecule has 2 aromatic rings. The molecule has 162 valence electrons. The van der Waals surface area contributed by atoms with Crippen LogP contribution in [0.2, 0.25) is 0 Å². The van der Waals surface area contributed by atoms with E-state index >= 15 is 0 Å². The maximum absolute atomic E-state index is 12.8. The van der Waals surface area contributed by atoms with Crippen LogP contribution in [-0.2, 0) is 4.79 Å². The van der Waals surface area contributed by atoms with Gasteiger partial charge < -0.3 is 20.3 Å². The zero-order valence-corrected chi connectivity index (χ0v) is 18.6. The molecule has 1 saturated carbocycles. The lowest BCUT2D eigenvalue weighted by Crippen LogP contribution is -2.37. The Labute approximate surface area is 179 Å². The lowest BCUT2D eigenvalue weighted by molar-refractivity contribution is -0.126. The van der Waals surface area contributed by atoms with Crippen LogP contribution in [0.15, 0.2) is 30.3 Å². The molecule has 0 saturated heterocycles. The molecule has 1 heterocycles. The molecular weight excluding hydrogens is 378 g/mol. The van der Waals surface area contributed by atoms with Gasteiger partial charge in [-0.2, -0.15) is 4.98 Å². The molecule has 2 N–H and O–H groups in total. The topological polar surface area (TPSA) is 79.4 Å². The van der Waals surface area contributed by atoms with Gasteiger partial charge in [-0.15, -0.1) is 0 Å². The van der Waals surface area contributed by atoms with Crippen molar-refractivity contribution in [2.45, 2.75) is 51.6 Å². The Balaban J connectivity index is 1.52. The fraction of sp³-hybridized carbons (Fsp3) is 0.522. The quantitative estimate of drug-likeness (QED) is 0.723. The van der Waals surface area contributed by atoms with E-state index in [4.69, 9.17) is 4.74 Å². The zero-order valence-electron chi connectivity index (χ0n) is 18.6. The largest absolute Gasteiger partial charge is 0.497 e. The Morgan fingerprint density at radius 1 is 1.17 bits per heavy atom.